The first-order chi connectivity index (χ1) is 13.8. The van der Waals surface area contributed by atoms with Gasteiger partial charge in [0.15, 0.2) is 6.61 Å². The van der Waals surface area contributed by atoms with Crippen molar-refractivity contribution in [2.75, 3.05) is 29.9 Å². The quantitative estimate of drug-likeness (QED) is 0.450. The van der Waals surface area contributed by atoms with Gasteiger partial charge in [-0.05, 0) is 37.1 Å². The molecule has 1 amide bonds. The molecule has 2 aromatic rings. The number of nitrogens with zero attached hydrogens (tertiary/aromatic N) is 2. The average molecular weight is 405 g/mol. The molecule has 0 unspecified atom stereocenters. The highest BCUT2D eigenvalue weighted by atomic mass is 19.1. The van der Waals surface area contributed by atoms with Crippen molar-refractivity contribution in [3.05, 3.63) is 63.7 Å². The molecule has 3 rings (SSSR count). The van der Waals surface area contributed by atoms with Gasteiger partial charge in [-0.15, -0.1) is 0 Å². The number of anilines is 2. The predicted octanol–water partition coefficient (Wildman–Crippen LogP) is 3.27. The number of carbonyl (C=O) groups is 2. The normalized spacial score (nSPS) is 13.2. The summed E-state index contributed by atoms with van der Waals surface area (Å²) in [6.07, 6.45) is 1.87. The van der Waals surface area contributed by atoms with Gasteiger partial charge in [0, 0.05) is 25.2 Å². The number of benzene rings is 2. The van der Waals surface area contributed by atoms with Crippen LogP contribution in [-0.2, 0) is 9.53 Å². The molecular weight excluding hydrogens is 388 g/mol. The Morgan fingerprint density at radius 2 is 1.86 bits per heavy atom. The van der Waals surface area contributed by atoms with Gasteiger partial charge >= 0.3 is 5.97 Å². The van der Waals surface area contributed by atoms with Crippen molar-refractivity contribution in [1.82, 2.24) is 0 Å². The number of hydrogen-bond acceptors (Lipinski definition) is 6. The van der Waals surface area contributed by atoms with Gasteiger partial charge in [-0.2, -0.15) is 0 Å². The summed E-state index contributed by atoms with van der Waals surface area (Å²) < 4.78 is 31.5. The Morgan fingerprint density at radius 3 is 2.55 bits per heavy atom. The summed E-state index contributed by atoms with van der Waals surface area (Å²) in [6.45, 7) is 0.624. The second kappa shape index (κ2) is 8.63. The number of rotatable bonds is 6. The van der Waals surface area contributed by atoms with E-state index < -0.39 is 40.7 Å². The lowest BCUT2D eigenvalue weighted by molar-refractivity contribution is -0.384. The van der Waals surface area contributed by atoms with Crippen molar-refractivity contribution in [1.29, 1.82) is 0 Å². The van der Waals surface area contributed by atoms with E-state index in [4.69, 9.17) is 4.74 Å². The van der Waals surface area contributed by atoms with E-state index >= 15 is 0 Å². The standard InChI is InChI=1S/C19H17F2N3O5/c20-13-4-5-14(21)15(10-13)22-18(25)11-29-19(26)12-3-6-16(17(9-12)24(27)28)23-7-1-2-8-23/h3-6,9-10H,1-2,7-8,11H2,(H,22,25). The summed E-state index contributed by atoms with van der Waals surface area (Å²) in [7, 11) is 0. The number of nitro benzene ring substituents is 1. The molecule has 0 radical (unpaired) electrons. The number of esters is 1. The molecule has 1 aliphatic heterocycles. The van der Waals surface area contributed by atoms with Crippen LogP contribution in [0.3, 0.4) is 0 Å². The molecule has 10 heteroatoms. The summed E-state index contributed by atoms with van der Waals surface area (Å²) in [5.74, 6) is -3.43. The van der Waals surface area contributed by atoms with Crippen LogP contribution in [0.5, 0.6) is 0 Å². The monoisotopic (exact) mass is 405 g/mol. The predicted molar refractivity (Wildman–Crippen MR) is 99.8 cm³/mol. The lowest BCUT2D eigenvalue weighted by atomic mass is 10.1. The Labute approximate surface area is 164 Å². The first kappa shape index (κ1) is 20.2. The molecule has 152 valence electrons. The molecule has 0 bridgehead atoms. The molecule has 1 aliphatic rings. The SMILES string of the molecule is O=C(COC(=O)c1ccc(N2CCCC2)c([N+](=O)[O-])c1)Nc1cc(F)ccc1F. The minimum absolute atomic E-state index is 0.0932. The Hall–Kier alpha value is -3.56. The number of carbonyl (C=O) groups excluding carboxylic acids is 2. The molecule has 0 aliphatic carbocycles. The maximum Gasteiger partial charge on any atom is 0.338 e. The van der Waals surface area contributed by atoms with E-state index in [1.165, 1.54) is 12.1 Å². The maximum atomic E-state index is 13.5. The summed E-state index contributed by atoms with van der Waals surface area (Å²) in [4.78, 5) is 36.6. The molecule has 0 atom stereocenters. The minimum Gasteiger partial charge on any atom is -0.452 e. The molecule has 1 N–H and O–H groups in total. The Kier molecular flexibility index (Phi) is 6.01. The Bertz CT molecular complexity index is 961. The number of ether oxygens (including phenoxy) is 1. The van der Waals surface area contributed by atoms with Gasteiger partial charge in [0.1, 0.15) is 17.3 Å². The van der Waals surface area contributed by atoms with Gasteiger partial charge in [0.25, 0.3) is 11.6 Å². The van der Waals surface area contributed by atoms with Crippen LogP contribution in [0.1, 0.15) is 23.2 Å². The fourth-order valence-corrected chi connectivity index (χ4v) is 3.02. The van der Waals surface area contributed by atoms with E-state index in [9.17, 15) is 28.5 Å². The molecule has 1 saturated heterocycles. The summed E-state index contributed by atoms with van der Waals surface area (Å²) in [5, 5.41) is 13.5. The van der Waals surface area contributed by atoms with E-state index in [2.05, 4.69) is 5.32 Å². The molecule has 1 fully saturated rings. The zero-order chi connectivity index (χ0) is 21.0. The van der Waals surface area contributed by atoms with E-state index in [0.29, 0.717) is 18.8 Å². The molecule has 8 nitrogen and oxygen atoms in total. The number of nitrogens with one attached hydrogen (secondary N) is 1. The van der Waals surface area contributed by atoms with Crippen molar-refractivity contribution in [2.24, 2.45) is 0 Å². The van der Waals surface area contributed by atoms with Crippen LogP contribution in [0.15, 0.2) is 36.4 Å². The van der Waals surface area contributed by atoms with Crippen molar-refractivity contribution in [3.63, 3.8) is 0 Å². The van der Waals surface area contributed by atoms with Gasteiger partial charge in [0.2, 0.25) is 0 Å². The molecular formula is C19H17F2N3O5. The van der Waals surface area contributed by atoms with Crippen LogP contribution in [0.2, 0.25) is 0 Å². The maximum absolute atomic E-state index is 13.5. The summed E-state index contributed by atoms with van der Waals surface area (Å²) in [5.41, 5.74) is -0.294. The minimum atomic E-state index is -0.948. The van der Waals surface area contributed by atoms with Crippen molar-refractivity contribution >= 4 is 28.9 Å². The Morgan fingerprint density at radius 1 is 1.14 bits per heavy atom. The second-order valence-electron chi connectivity index (χ2n) is 6.40. The van der Waals surface area contributed by atoms with Crippen molar-refractivity contribution < 1.29 is 28.0 Å². The van der Waals surface area contributed by atoms with Crippen LogP contribution in [-0.4, -0.2) is 36.5 Å². The molecule has 29 heavy (non-hydrogen) atoms. The van der Waals surface area contributed by atoms with E-state index in [0.717, 1.165) is 37.1 Å². The van der Waals surface area contributed by atoms with Gasteiger partial charge in [-0.25, -0.2) is 13.6 Å². The smallest absolute Gasteiger partial charge is 0.338 e. The highest BCUT2D eigenvalue weighted by Gasteiger charge is 2.24. The van der Waals surface area contributed by atoms with E-state index in [1.807, 2.05) is 4.90 Å². The topological polar surface area (TPSA) is 102 Å². The van der Waals surface area contributed by atoms with Gasteiger partial charge in [-0.3, -0.25) is 14.9 Å². The number of halogens is 2. The van der Waals surface area contributed by atoms with Crippen LogP contribution in [0.4, 0.5) is 25.8 Å². The molecule has 1 heterocycles. The molecule has 2 aromatic carbocycles. The third-order valence-electron chi connectivity index (χ3n) is 4.39. The largest absolute Gasteiger partial charge is 0.452 e. The first-order valence-corrected chi connectivity index (χ1v) is 8.80. The van der Waals surface area contributed by atoms with Gasteiger partial charge in [-0.1, -0.05) is 0 Å². The fourth-order valence-electron chi connectivity index (χ4n) is 3.02. The highest BCUT2D eigenvalue weighted by molar-refractivity contribution is 5.96. The summed E-state index contributed by atoms with van der Waals surface area (Å²) >= 11 is 0. The first-order valence-electron chi connectivity index (χ1n) is 8.80. The third kappa shape index (κ3) is 4.84. The van der Waals surface area contributed by atoms with Crippen LogP contribution < -0.4 is 10.2 Å². The van der Waals surface area contributed by atoms with Crippen molar-refractivity contribution in [3.8, 4) is 0 Å². The highest BCUT2D eigenvalue weighted by Crippen LogP contribution is 2.31. The lowest BCUT2D eigenvalue weighted by Crippen LogP contribution is -2.22. The Balaban J connectivity index is 1.65. The lowest BCUT2D eigenvalue weighted by Gasteiger charge is -2.17. The average Bonchev–Trinajstić information content (AvgIpc) is 3.23. The zero-order valence-electron chi connectivity index (χ0n) is 15.2. The van der Waals surface area contributed by atoms with Crippen molar-refractivity contribution in [2.45, 2.75) is 12.8 Å². The zero-order valence-corrected chi connectivity index (χ0v) is 15.2. The molecule has 0 spiro atoms. The number of hydrogen-bond donors (Lipinski definition) is 1. The number of amides is 1. The fraction of sp³-hybridized carbons (Fsp3) is 0.263. The van der Waals surface area contributed by atoms with E-state index in [1.54, 1.807) is 0 Å². The van der Waals surface area contributed by atoms with Gasteiger partial charge < -0.3 is 15.0 Å². The summed E-state index contributed by atoms with van der Waals surface area (Å²) in [6, 6.07) is 6.48. The van der Waals surface area contributed by atoms with E-state index in [-0.39, 0.29) is 11.3 Å². The molecule has 0 aromatic heterocycles. The number of nitro groups is 1. The molecule has 0 saturated carbocycles. The van der Waals surface area contributed by atoms with Crippen LogP contribution in [0.25, 0.3) is 0 Å². The third-order valence-corrected chi connectivity index (χ3v) is 4.39. The second-order valence-corrected chi connectivity index (χ2v) is 6.40. The van der Waals surface area contributed by atoms with Crippen LogP contribution in [0, 0.1) is 21.7 Å². The van der Waals surface area contributed by atoms with Gasteiger partial charge in [0.05, 0.1) is 16.2 Å². The van der Waals surface area contributed by atoms with Crippen LogP contribution >= 0.6 is 0 Å².